The van der Waals surface area contributed by atoms with Crippen molar-refractivity contribution in [1.29, 1.82) is 0 Å². The molecule has 1 aromatic heterocycles. The molecule has 1 aromatic rings. The number of halogens is 2. The maximum Gasteiger partial charge on any atom is 0.347 e. The molecule has 140 valence electrons. The summed E-state index contributed by atoms with van der Waals surface area (Å²) in [5, 5.41) is 13.1. The molecule has 26 heavy (non-hydrogen) atoms. The molecule has 2 aliphatic heterocycles. The molecule has 0 bridgehead atoms. The Bertz CT molecular complexity index is 794. The minimum Gasteiger partial charge on any atom is -0.477 e. The van der Waals surface area contributed by atoms with Crippen LogP contribution in [0.1, 0.15) is 22.5 Å². The predicted octanol–water partition coefficient (Wildman–Crippen LogP) is 2.04. The van der Waals surface area contributed by atoms with Gasteiger partial charge in [0.25, 0.3) is 5.91 Å². The molecule has 3 rings (SSSR count). The standard InChI is InChI=1S/C15H16Cl2N4O4S/c1-25-10-6-21(15-18-5-11(26-15)14(23)24)3-2-8(10)20-13(22)9-4-7(16)12(17)19-9/h5,8,10H,2-4,6H2,1H3,(H,20,22)(H,23,24)/t8-,10+/m1/s1. The number of piperidine rings is 1. The lowest BCUT2D eigenvalue weighted by Crippen LogP contribution is -2.55. The number of carbonyl (C=O) groups is 2. The topological polar surface area (TPSA) is 104 Å². The molecule has 0 aliphatic carbocycles. The van der Waals surface area contributed by atoms with Gasteiger partial charge in [0.05, 0.1) is 23.4 Å². The van der Waals surface area contributed by atoms with E-state index in [1.54, 1.807) is 7.11 Å². The van der Waals surface area contributed by atoms with E-state index in [4.69, 9.17) is 33.0 Å². The van der Waals surface area contributed by atoms with E-state index in [9.17, 15) is 9.59 Å². The third-order valence-corrected chi connectivity index (χ3v) is 5.96. The smallest absolute Gasteiger partial charge is 0.347 e. The van der Waals surface area contributed by atoms with Gasteiger partial charge >= 0.3 is 5.97 Å². The summed E-state index contributed by atoms with van der Waals surface area (Å²) in [6.07, 6.45) is 1.91. The summed E-state index contributed by atoms with van der Waals surface area (Å²) in [6.45, 7) is 1.10. The summed E-state index contributed by atoms with van der Waals surface area (Å²) in [7, 11) is 1.57. The normalized spacial score (nSPS) is 23.2. The van der Waals surface area contributed by atoms with E-state index in [0.717, 1.165) is 11.3 Å². The highest BCUT2D eigenvalue weighted by Crippen LogP contribution is 2.28. The predicted molar refractivity (Wildman–Crippen MR) is 99.4 cm³/mol. The molecule has 1 amide bonds. The second kappa shape index (κ2) is 7.91. The molecule has 1 saturated heterocycles. The Morgan fingerprint density at radius 2 is 2.23 bits per heavy atom. The van der Waals surface area contributed by atoms with Crippen LogP contribution in [0, 0.1) is 0 Å². The van der Waals surface area contributed by atoms with Crippen LogP contribution < -0.4 is 10.2 Å². The van der Waals surface area contributed by atoms with Gasteiger partial charge in [0.2, 0.25) is 0 Å². The summed E-state index contributed by atoms with van der Waals surface area (Å²) in [5.41, 5.74) is 0.281. The maximum absolute atomic E-state index is 12.4. The Kier molecular flexibility index (Phi) is 5.81. The molecule has 2 aliphatic rings. The van der Waals surface area contributed by atoms with Crippen LogP contribution in [0.25, 0.3) is 0 Å². The van der Waals surface area contributed by atoms with Crippen molar-refractivity contribution in [2.45, 2.75) is 25.0 Å². The molecule has 0 aromatic carbocycles. The highest BCUT2D eigenvalue weighted by atomic mass is 35.5. The van der Waals surface area contributed by atoms with Gasteiger partial charge < -0.3 is 20.1 Å². The molecular formula is C15H16Cl2N4O4S. The second-order valence-corrected chi connectivity index (χ2v) is 7.66. The molecule has 11 heteroatoms. The van der Waals surface area contributed by atoms with E-state index >= 15 is 0 Å². The van der Waals surface area contributed by atoms with Crippen LogP contribution in [-0.4, -0.2) is 60.0 Å². The summed E-state index contributed by atoms with van der Waals surface area (Å²) >= 11 is 12.8. The number of hydrogen-bond acceptors (Lipinski definition) is 7. The molecular weight excluding hydrogens is 403 g/mol. The number of anilines is 1. The number of aromatic carboxylic acids is 1. The van der Waals surface area contributed by atoms with Gasteiger partial charge in [-0.15, -0.1) is 0 Å². The summed E-state index contributed by atoms with van der Waals surface area (Å²) in [4.78, 5) is 33.6. The number of ether oxygens (including phenoxy) is 1. The number of thiazole rings is 1. The van der Waals surface area contributed by atoms with E-state index in [0.29, 0.717) is 29.7 Å². The summed E-state index contributed by atoms with van der Waals surface area (Å²) < 4.78 is 5.52. The van der Waals surface area contributed by atoms with E-state index in [2.05, 4.69) is 15.3 Å². The zero-order valence-electron chi connectivity index (χ0n) is 13.7. The van der Waals surface area contributed by atoms with Crippen LogP contribution >= 0.6 is 34.5 Å². The van der Waals surface area contributed by atoms with Crippen molar-refractivity contribution >= 4 is 57.3 Å². The molecule has 0 unspecified atom stereocenters. The third kappa shape index (κ3) is 4.01. The van der Waals surface area contributed by atoms with Crippen molar-refractivity contribution in [2.75, 3.05) is 25.1 Å². The van der Waals surface area contributed by atoms with Crippen LogP contribution in [0.4, 0.5) is 5.13 Å². The fourth-order valence-corrected chi connectivity index (χ4v) is 3.95. The SMILES string of the molecule is CO[C@H]1CN(c2ncc(C(=O)O)s2)CC[C@H]1NC(=O)C1=NC(Cl)=C(Cl)C1. The van der Waals surface area contributed by atoms with E-state index in [1.807, 2.05) is 4.90 Å². The zero-order chi connectivity index (χ0) is 18.8. The van der Waals surface area contributed by atoms with Gasteiger partial charge in [-0.05, 0) is 6.42 Å². The van der Waals surface area contributed by atoms with Gasteiger partial charge in [0.15, 0.2) is 5.13 Å². The quantitative estimate of drug-likeness (QED) is 0.708. The van der Waals surface area contributed by atoms with Crippen LogP contribution in [0.2, 0.25) is 0 Å². The highest BCUT2D eigenvalue weighted by Gasteiger charge is 2.33. The first-order valence-corrected chi connectivity index (χ1v) is 9.35. The third-order valence-electron chi connectivity index (χ3n) is 4.19. The van der Waals surface area contributed by atoms with Crippen LogP contribution in [0.5, 0.6) is 0 Å². The van der Waals surface area contributed by atoms with E-state index in [1.165, 1.54) is 6.20 Å². The van der Waals surface area contributed by atoms with Crippen molar-refractivity contribution < 1.29 is 19.4 Å². The fourth-order valence-electron chi connectivity index (χ4n) is 2.83. The number of rotatable bonds is 5. The highest BCUT2D eigenvalue weighted by molar-refractivity contribution is 7.17. The number of amides is 1. The number of nitrogens with zero attached hydrogens (tertiary/aromatic N) is 3. The average molecular weight is 419 g/mol. The van der Waals surface area contributed by atoms with E-state index in [-0.39, 0.29) is 40.2 Å². The number of carbonyl (C=O) groups excluding carboxylic acids is 1. The van der Waals surface area contributed by atoms with Crippen LogP contribution in [0.3, 0.4) is 0 Å². The lowest BCUT2D eigenvalue weighted by atomic mass is 10.0. The van der Waals surface area contributed by atoms with Gasteiger partial charge in [-0.25, -0.2) is 14.8 Å². The number of methoxy groups -OCH3 is 1. The van der Waals surface area contributed by atoms with Crippen molar-refractivity contribution in [1.82, 2.24) is 10.3 Å². The van der Waals surface area contributed by atoms with Crippen molar-refractivity contribution in [3.05, 3.63) is 21.3 Å². The Morgan fingerprint density at radius 3 is 2.81 bits per heavy atom. The first kappa shape index (κ1) is 19.1. The van der Waals surface area contributed by atoms with Crippen molar-refractivity contribution in [2.24, 2.45) is 4.99 Å². The monoisotopic (exact) mass is 418 g/mol. The number of carboxylic acid groups (broad SMARTS) is 1. The van der Waals surface area contributed by atoms with Crippen LogP contribution in [-0.2, 0) is 9.53 Å². The van der Waals surface area contributed by atoms with Crippen molar-refractivity contribution in [3.8, 4) is 0 Å². The summed E-state index contributed by atoms with van der Waals surface area (Å²) in [6, 6.07) is -0.205. The number of aromatic nitrogens is 1. The molecule has 0 radical (unpaired) electrons. The maximum atomic E-state index is 12.4. The molecule has 3 heterocycles. The number of carboxylic acids is 1. The molecule has 2 N–H and O–H groups in total. The zero-order valence-corrected chi connectivity index (χ0v) is 16.1. The van der Waals surface area contributed by atoms with Gasteiger partial charge in [0, 0.05) is 26.6 Å². The minimum atomic E-state index is -0.998. The van der Waals surface area contributed by atoms with Gasteiger partial charge in [-0.1, -0.05) is 34.5 Å². The van der Waals surface area contributed by atoms with Gasteiger partial charge in [-0.3, -0.25) is 4.79 Å². The Balaban J connectivity index is 1.62. The number of aliphatic imine (C=N–C) groups is 1. The number of allylic oxidation sites excluding steroid dienone is 1. The van der Waals surface area contributed by atoms with Gasteiger partial charge in [-0.2, -0.15) is 0 Å². The Labute approximate surface area is 163 Å². The first-order chi connectivity index (χ1) is 12.4. The molecule has 2 atom stereocenters. The number of nitrogens with one attached hydrogen (secondary N) is 1. The average Bonchev–Trinajstić information content (AvgIpc) is 3.23. The second-order valence-electron chi connectivity index (χ2n) is 5.83. The fraction of sp³-hybridized carbons (Fsp3) is 0.467. The number of hydrogen-bond donors (Lipinski definition) is 2. The van der Waals surface area contributed by atoms with Crippen LogP contribution in [0.15, 0.2) is 21.4 Å². The molecule has 1 fully saturated rings. The first-order valence-electron chi connectivity index (χ1n) is 7.78. The minimum absolute atomic E-state index is 0.146. The molecule has 0 spiro atoms. The van der Waals surface area contributed by atoms with E-state index < -0.39 is 5.97 Å². The molecule has 0 saturated carbocycles. The molecule has 8 nitrogen and oxygen atoms in total. The Morgan fingerprint density at radius 1 is 1.46 bits per heavy atom. The Hall–Kier alpha value is -1.68. The summed E-state index contributed by atoms with van der Waals surface area (Å²) in [5.74, 6) is -1.32. The lowest BCUT2D eigenvalue weighted by Gasteiger charge is -2.37. The largest absolute Gasteiger partial charge is 0.477 e. The van der Waals surface area contributed by atoms with Crippen molar-refractivity contribution in [3.63, 3.8) is 0 Å². The lowest BCUT2D eigenvalue weighted by molar-refractivity contribution is -0.116. The van der Waals surface area contributed by atoms with Gasteiger partial charge in [0.1, 0.15) is 15.7 Å².